The van der Waals surface area contributed by atoms with Crippen molar-refractivity contribution < 1.29 is 14.3 Å². The first-order valence-corrected chi connectivity index (χ1v) is 12.1. The fourth-order valence-electron chi connectivity index (χ4n) is 3.71. The Morgan fingerprint density at radius 3 is 2.74 bits per heavy atom. The molecule has 7 nitrogen and oxygen atoms in total. The first-order valence-electron chi connectivity index (χ1n) is 10.5. The fraction of sp³-hybridized carbons (Fsp3) is 0.200. The van der Waals surface area contributed by atoms with E-state index in [4.69, 9.17) is 14.7 Å². The van der Waals surface area contributed by atoms with E-state index < -0.39 is 12.0 Å². The number of allylic oxidation sites excluding steroid dienone is 1. The third-order valence-electron chi connectivity index (χ3n) is 5.16. The molecular formula is C25H20BrN3O4S. The Labute approximate surface area is 208 Å². The van der Waals surface area contributed by atoms with Gasteiger partial charge in [0.15, 0.2) is 11.4 Å². The highest BCUT2D eigenvalue weighted by Gasteiger charge is 2.33. The summed E-state index contributed by atoms with van der Waals surface area (Å²) in [6.45, 7) is 3.69. The van der Waals surface area contributed by atoms with Crippen molar-refractivity contribution in [2.45, 2.75) is 19.9 Å². The van der Waals surface area contributed by atoms with Crippen molar-refractivity contribution in [3.8, 4) is 11.8 Å². The van der Waals surface area contributed by atoms with Crippen LogP contribution >= 0.6 is 27.3 Å². The molecule has 2 aromatic carbocycles. The van der Waals surface area contributed by atoms with Gasteiger partial charge in [-0.15, -0.1) is 0 Å². The Morgan fingerprint density at radius 2 is 2.06 bits per heavy atom. The predicted molar refractivity (Wildman–Crippen MR) is 132 cm³/mol. The molecule has 1 atom stereocenters. The number of thiazole rings is 1. The highest BCUT2D eigenvalue weighted by Crippen LogP contribution is 2.31. The van der Waals surface area contributed by atoms with Crippen molar-refractivity contribution in [1.82, 2.24) is 4.57 Å². The van der Waals surface area contributed by atoms with Crippen LogP contribution in [0.3, 0.4) is 0 Å². The highest BCUT2D eigenvalue weighted by atomic mass is 79.9. The number of hydrogen-bond acceptors (Lipinski definition) is 7. The van der Waals surface area contributed by atoms with Gasteiger partial charge in [-0.1, -0.05) is 51.5 Å². The van der Waals surface area contributed by atoms with E-state index in [2.05, 4.69) is 20.9 Å². The Hall–Kier alpha value is -3.48. The lowest BCUT2D eigenvalue weighted by Crippen LogP contribution is -2.39. The van der Waals surface area contributed by atoms with Crippen LogP contribution < -0.4 is 19.6 Å². The van der Waals surface area contributed by atoms with E-state index in [1.165, 1.54) is 11.3 Å². The topological polar surface area (TPSA) is 93.7 Å². The second kappa shape index (κ2) is 10.2. The Morgan fingerprint density at radius 1 is 1.29 bits per heavy atom. The van der Waals surface area contributed by atoms with E-state index >= 15 is 0 Å². The number of fused-ring (bicyclic) bond motifs is 1. The number of halogens is 1. The van der Waals surface area contributed by atoms with E-state index in [-0.39, 0.29) is 18.8 Å². The van der Waals surface area contributed by atoms with Crippen molar-refractivity contribution in [3.05, 3.63) is 95.1 Å². The fourth-order valence-corrected chi connectivity index (χ4v) is 5.17. The molecule has 172 valence electrons. The van der Waals surface area contributed by atoms with Crippen LogP contribution in [0.5, 0.6) is 5.75 Å². The molecule has 4 rings (SSSR count). The van der Waals surface area contributed by atoms with Crippen LogP contribution in [0.25, 0.3) is 6.08 Å². The second-order valence-electron chi connectivity index (χ2n) is 7.37. The maximum absolute atomic E-state index is 13.6. The lowest BCUT2D eigenvalue weighted by Gasteiger charge is -2.24. The zero-order valence-corrected chi connectivity index (χ0v) is 20.9. The van der Waals surface area contributed by atoms with E-state index in [0.29, 0.717) is 26.4 Å². The molecule has 1 aliphatic rings. The van der Waals surface area contributed by atoms with Gasteiger partial charge in [-0.2, -0.15) is 5.26 Å². The number of rotatable bonds is 6. The molecule has 0 aliphatic carbocycles. The van der Waals surface area contributed by atoms with Crippen molar-refractivity contribution in [2.75, 3.05) is 13.2 Å². The number of nitrogens with zero attached hydrogens (tertiary/aromatic N) is 3. The van der Waals surface area contributed by atoms with Gasteiger partial charge in [0, 0.05) is 4.47 Å². The maximum atomic E-state index is 13.6. The van der Waals surface area contributed by atoms with E-state index in [0.717, 1.165) is 15.6 Å². The largest absolute Gasteiger partial charge is 0.479 e. The summed E-state index contributed by atoms with van der Waals surface area (Å²) in [5.41, 5.74) is 2.20. The SMILES string of the molecule is CCOC(=O)C1=C(C)N=c2s/c(=C\c3ccc(OCC#N)cc3)c(=O)n2[C@H]1c1cccc(Br)c1. The molecule has 0 saturated carbocycles. The standard InChI is InChI=1S/C25H20BrN3O4S/c1-3-32-24(31)21-15(2)28-25-29(22(21)17-5-4-6-18(26)14-17)23(30)20(34-25)13-16-7-9-19(10-8-16)33-12-11-27/h4-10,13-14,22H,3,12H2,1-2H3/b20-13-/t22-/m0/s1. The molecule has 9 heteroatoms. The Kier molecular flexibility index (Phi) is 7.10. The molecule has 2 heterocycles. The summed E-state index contributed by atoms with van der Waals surface area (Å²) in [5.74, 6) is 0.0838. The first-order chi connectivity index (χ1) is 16.4. The molecule has 0 saturated heterocycles. The smallest absolute Gasteiger partial charge is 0.338 e. The van der Waals surface area contributed by atoms with Crippen LogP contribution in [0, 0.1) is 11.3 Å². The molecular weight excluding hydrogens is 518 g/mol. The minimum Gasteiger partial charge on any atom is -0.479 e. The third-order valence-corrected chi connectivity index (χ3v) is 6.64. The van der Waals surface area contributed by atoms with Gasteiger partial charge < -0.3 is 9.47 Å². The van der Waals surface area contributed by atoms with Gasteiger partial charge in [-0.25, -0.2) is 9.79 Å². The van der Waals surface area contributed by atoms with Gasteiger partial charge >= 0.3 is 5.97 Å². The summed E-state index contributed by atoms with van der Waals surface area (Å²) >= 11 is 4.75. The molecule has 0 unspecified atom stereocenters. The van der Waals surface area contributed by atoms with Gasteiger partial charge in [-0.3, -0.25) is 9.36 Å². The van der Waals surface area contributed by atoms with Crippen LogP contribution in [-0.4, -0.2) is 23.8 Å². The molecule has 0 N–H and O–H groups in total. The lowest BCUT2D eigenvalue weighted by atomic mass is 9.96. The number of esters is 1. The molecule has 1 aliphatic heterocycles. The van der Waals surface area contributed by atoms with Gasteiger partial charge in [0.2, 0.25) is 0 Å². The van der Waals surface area contributed by atoms with E-state index in [9.17, 15) is 9.59 Å². The average molecular weight is 538 g/mol. The Bertz CT molecular complexity index is 1500. The number of hydrogen-bond donors (Lipinski definition) is 0. The van der Waals surface area contributed by atoms with Crippen LogP contribution in [0.2, 0.25) is 0 Å². The third kappa shape index (κ3) is 4.74. The normalized spacial score (nSPS) is 15.4. The summed E-state index contributed by atoms with van der Waals surface area (Å²) in [4.78, 5) is 31.6. The summed E-state index contributed by atoms with van der Waals surface area (Å²) in [6.07, 6.45) is 1.78. The first kappa shape index (κ1) is 23.7. The van der Waals surface area contributed by atoms with Crippen LogP contribution in [0.1, 0.15) is 31.0 Å². The summed E-state index contributed by atoms with van der Waals surface area (Å²) in [5, 5.41) is 8.65. The monoisotopic (exact) mass is 537 g/mol. The molecule has 34 heavy (non-hydrogen) atoms. The van der Waals surface area contributed by atoms with Crippen LogP contribution in [0.15, 0.2) is 74.1 Å². The quantitative estimate of drug-likeness (QED) is 0.449. The van der Waals surface area contributed by atoms with Crippen LogP contribution in [-0.2, 0) is 9.53 Å². The lowest BCUT2D eigenvalue weighted by molar-refractivity contribution is -0.139. The summed E-state index contributed by atoms with van der Waals surface area (Å²) < 4.78 is 13.5. The number of aromatic nitrogens is 1. The highest BCUT2D eigenvalue weighted by molar-refractivity contribution is 9.10. The van der Waals surface area contributed by atoms with Gasteiger partial charge in [-0.05, 0) is 55.3 Å². The Balaban J connectivity index is 1.85. The van der Waals surface area contributed by atoms with Crippen molar-refractivity contribution in [2.24, 2.45) is 4.99 Å². The van der Waals surface area contributed by atoms with E-state index in [1.54, 1.807) is 36.6 Å². The number of carbonyl (C=O) groups is 1. The minimum atomic E-state index is -0.656. The molecule has 3 aromatic rings. The van der Waals surface area contributed by atoms with Crippen molar-refractivity contribution in [3.63, 3.8) is 0 Å². The summed E-state index contributed by atoms with van der Waals surface area (Å²) in [7, 11) is 0. The molecule has 0 amide bonds. The van der Waals surface area contributed by atoms with Crippen LogP contribution in [0.4, 0.5) is 0 Å². The number of ether oxygens (including phenoxy) is 2. The minimum absolute atomic E-state index is 0.0320. The molecule has 1 aromatic heterocycles. The predicted octanol–water partition coefficient (Wildman–Crippen LogP) is 3.46. The van der Waals surface area contributed by atoms with E-state index in [1.807, 2.05) is 42.5 Å². The molecule has 0 bridgehead atoms. The molecule has 0 spiro atoms. The number of nitriles is 1. The van der Waals surface area contributed by atoms with Gasteiger partial charge in [0.1, 0.15) is 11.8 Å². The maximum Gasteiger partial charge on any atom is 0.338 e. The van der Waals surface area contributed by atoms with Crippen molar-refractivity contribution >= 4 is 39.3 Å². The zero-order valence-electron chi connectivity index (χ0n) is 18.4. The zero-order chi connectivity index (χ0) is 24.2. The molecule has 0 radical (unpaired) electrons. The average Bonchev–Trinajstić information content (AvgIpc) is 3.12. The summed E-state index contributed by atoms with van der Waals surface area (Å²) in [6, 6.07) is 15.9. The second-order valence-corrected chi connectivity index (χ2v) is 9.30. The number of benzene rings is 2. The van der Waals surface area contributed by atoms with Gasteiger partial charge in [0.05, 0.1) is 28.5 Å². The van der Waals surface area contributed by atoms with Crippen molar-refractivity contribution in [1.29, 1.82) is 5.26 Å². The van der Waals surface area contributed by atoms with Gasteiger partial charge in [0.25, 0.3) is 5.56 Å². The number of carbonyl (C=O) groups excluding carboxylic acids is 1. The molecule has 0 fully saturated rings.